The van der Waals surface area contributed by atoms with Crippen LogP contribution < -0.4 is 10.2 Å². The van der Waals surface area contributed by atoms with E-state index >= 15 is 0 Å². The van der Waals surface area contributed by atoms with E-state index in [0.717, 1.165) is 24.3 Å². The zero-order chi connectivity index (χ0) is 15.2. The Kier molecular flexibility index (Phi) is 5.76. The summed E-state index contributed by atoms with van der Waals surface area (Å²) in [5, 5.41) is 5.32. The van der Waals surface area contributed by atoms with Crippen molar-refractivity contribution in [3.8, 4) is 0 Å². The predicted molar refractivity (Wildman–Crippen MR) is 89.4 cm³/mol. The summed E-state index contributed by atoms with van der Waals surface area (Å²) >= 11 is 1.74. The lowest BCUT2D eigenvalue weighted by Crippen LogP contribution is -2.31. The van der Waals surface area contributed by atoms with Gasteiger partial charge in [0, 0.05) is 28.7 Å². The molecule has 2 rings (SSSR count). The van der Waals surface area contributed by atoms with Crippen molar-refractivity contribution in [2.45, 2.75) is 39.9 Å². The van der Waals surface area contributed by atoms with Crippen LogP contribution in [-0.4, -0.2) is 12.6 Å². The number of halogens is 1. The summed E-state index contributed by atoms with van der Waals surface area (Å²) in [5.74, 6) is -0.134. The van der Waals surface area contributed by atoms with E-state index < -0.39 is 0 Å². The molecule has 1 aromatic carbocycles. The molecule has 21 heavy (non-hydrogen) atoms. The van der Waals surface area contributed by atoms with Gasteiger partial charge in [0.2, 0.25) is 0 Å². The minimum atomic E-state index is -0.134. The minimum Gasteiger partial charge on any atom is -0.364 e. The molecule has 0 saturated heterocycles. The van der Waals surface area contributed by atoms with Gasteiger partial charge >= 0.3 is 0 Å². The maximum absolute atomic E-state index is 14.2. The lowest BCUT2D eigenvalue weighted by molar-refractivity contribution is 0.586. The Balaban J connectivity index is 2.33. The SMILES string of the molecule is CCNCc1c(F)cccc1N(Cc1cccs1)C(C)C. The quantitative estimate of drug-likeness (QED) is 0.815. The van der Waals surface area contributed by atoms with Crippen LogP contribution in [0.5, 0.6) is 0 Å². The molecule has 0 bridgehead atoms. The molecule has 0 amide bonds. The van der Waals surface area contributed by atoms with E-state index in [1.54, 1.807) is 23.5 Å². The third kappa shape index (κ3) is 4.05. The van der Waals surface area contributed by atoms with Gasteiger partial charge in [-0.1, -0.05) is 19.1 Å². The van der Waals surface area contributed by atoms with Crippen LogP contribution >= 0.6 is 11.3 Å². The second kappa shape index (κ2) is 7.57. The van der Waals surface area contributed by atoms with E-state index in [0.29, 0.717) is 12.6 Å². The summed E-state index contributed by atoms with van der Waals surface area (Å²) in [6, 6.07) is 9.86. The van der Waals surface area contributed by atoms with Crippen molar-refractivity contribution in [2.75, 3.05) is 11.4 Å². The van der Waals surface area contributed by atoms with Gasteiger partial charge < -0.3 is 10.2 Å². The zero-order valence-electron chi connectivity index (χ0n) is 12.9. The molecule has 0 aliphatic rings. The summed E-state index contributed by atoms with van der Waals surface area (Å²) in [4.78, 5) is 3.56. The Morgan fingerprint density at radius 3 is 2.67 bits per heavy atom. The van der Waals surface area contributed by atoms with Gasteiger partial charge in [0.25, 0.3) is 0 Å². The summed E-state index contributed by atoms with van der Waals surface area (Å²) in [7, 11) is 0. The van der Waals surface area contributed by atoms with E-state index in [1.807, 2.05) is 13.0 Å². The molecule has 1 N–H and O–H groups in total. The topological polar surface area (TPSA) is 15.3 Å². The lowest BCUT2D eigenvalue weighted by atomic mass is 10.1. The third-order valence-corrected chi connectivity index (χ3v) is 4.35. The highest BCUT2D eigenvalue weighted by molar-refractivity contribution is 7.09. The number of rotatable bonds is 7. The van der Waals surface area contributed by atoms with E-state index in [2.05, 4.69) is 41.6 Å². The largest absolute Gasteiger partial charge is 0.364 e. The minimum absolute atomic E-state index is 0.134. The first-order chi connectivity index (χ1) is 10.1. The van der Waals surface area contributed by atoms with Crippen LogP contribution in [0.3, 0.4) is 0 Å². The summed E-state index contributed by atoms with van der Waals surface area (Å²) in [6.07, 6.45) is 0. The van der Waals surface area contributed by atoms with Crippen LogP contribution in [-0.2, 0) is 13.1 Å². The van der Waals surface area contributed by atoms with Crippen molar-refractivity contribution in [3.63, 3.8) is 0 Å². The third-order valence-electron chi connectivity index (χ3n) is 3.48. The predicted octanol–water partition coefficient (Wildman–Crippen LogP) is 4.41. The van der Waals surface area contributed by atoms with Crippen LogP contribution in [0.25, 0.3) is 0 Å². The van der Waals surface area contributed by atoms with Crippen LogP contribution in [0.1, 0.15) is 31.2 Å². The van der Waals surface area contributed by atoms with Crippen molar-refractivity contribution in [1.82, 2.24) is 5.32 Å². The second-order valence-corrected chi connectivity index (χ2v) is 6.35. The molecule has 0 saturated carbocycles. The molecule has 0 fully saturated rings. The van der Waals surface area contributed by atoms with Crippen molar-refractivity contribution < 1.29 is 4.39 Å². The smallest absolute Gasteiger partial charge is 0.129 e. The van der Waals surface area contributed by atoms with Gasteiger partial charge in [-0.2, -0.15) is 0 Å². The molecule has 1 aromatic heterocycles. The van der Waals surface area contributed by atoms with Crippen molar-refractivity contribution in [3.05, 3.63) is 52.0 Å². The standard InChI is InChI=1S/C17H23FN2S/c1-4-19-11-15-16(18)8-5-9-17(15)20(13(2)3)12-14-7-6-10-21-14/h5-10,13,19H,4,11-12H2,1-3H3. The first-order valence-corrected chi connectivity index (χ1v) is 8.28. The van der Waals surface area contributed by atoms with Crippen molar-refractivity contribution in [1.29, 1.82) is 0 Å². The van der Waals surface area contributed by atoms with E-state index in [4.69, 9.17) is 0 Å². The molecule has 0 aliphatic carbocycles. The molecule has 2 aromatic rings. The fourth-order valence-electron chi connectivity index (χ4n) is 2.36. The average molecular weight is 306 g/mol. The molecule has 0 aliphatic heterocycles. The average Bonchev–Trinajstić information content (AvgIpc) is 2.96. The Labute approximate surface area is 130 Å². The Morgan fingerprint density at radius 2 is 2.05 bits per heavy atom. The number of benzene rings is 1. The highest BCUT2D eigenvalue weighted by Crippen LogP contribution is 2.27. The van der Waals surface area contributed by atoms with Gasteiger partial charge in [-0.25, -0.2) is 4.39 Å². The molecule has 0 radical (unpaired) electrons. The monoisotopic (exact) mass is 306 g/mol. The van der Waals surface area contributed by atoms with E-state index in [9.17, 15) is 4.39 Å². The summed E-state index contributed by atoms with van der Waals surface area (Å²) in [5.41, 5.74) is 1.74. The number of nitrogens with zero attached hydrogens (tertiary/aromatic N) is 1. The maximum atomic E-state index is 14.2. The molecule has 4 heteroatoms. The molecule has 1 heterocycles. The number of nitrogens with one attached hydrogen (secondary N) is 1. The van der Waals surface area contributed by atoms with Crippen molar-refractivity contribution in [2.24, 2.45) is 0 Å². The summed E-state index contributed by atoms with van der Waals surface area (Å²) < 4.78 is 14.2. The first-order valence-electron chi connectivity index (χ1n) is 7.40. The first kappa shape index (κ1) is 16.0. The Morgan fingerprint density at radius 1 is 1.24 bits per heavy atom. The van der Waals surface area contributed by atoms with Crippen LogP contribution in [0.2, 0.25) is 0 Å². The summed E-state index contributed by atoms with van der Waals surface area (Å²) in [6.45, 7) is 8.54. The molecule has 0 unspecified atom stereocenters. The molecule has 2 nitrogen and oxygen atoms in total. The van der Waals surface area contributed by atoms with Gasteiger partial charge in [-0.05, 0) is 44.0 Å². The fraction of sp³-hybridized carbons (Fsp3) is 0.412. The van der Waals surface area contributed by atoms with Crippen LogP contribution in [0, 0.1) is 5.82 Å². The fourth-order valence-corrected chi connectivity index (χ4v) is 3.06. The highest BCUT2D eigenvalue weighted by atomic mass is 32.1. The number of hydrogen-bond acceptors (Lipinski definition) is 3. The number of anilines is 1. The normalized spacial score (nSPS) is 11.1. The molecule has 0 atom stereocenters. The van der Waals surface area contributed by atoms with Crippen molar-refractivity contribution >= 4 is 17.0 Å². The molecular weight excluding hydrogens is 283 g/mol. The Bertz CT molecular complexity index is 552. The van der Waals surface area contributed by atoms with Crippen LogP contribution in [0.4, 0.5) is 10.1 Å². The van der Waals surface area contributed by atoms with Gasteiger partial charge in [0.1, 0.15) is 5.82 Å². The van der Waals surface area contributed by atoms with Gasteiger partial charge in [0.15, 0.2) is 0 Å². The van der Waals surface area contributed by atoms with E-state index in [1.165, 1.54) is 4.88 Å². The Hall–Kier alpha value is -1.39. The lowest BCUT2D eigenvalue weighted by Gasteiger charge is -2.31. The number of hydrogen-bond donors (Lipinski definition) is 1. The van der Waals surface area contributed by atoms with E-state index in [-0.39, 0.29) is 5.82 Å². The molecule has 0 spiro atoms. The molecular formula is C17H23FN2S. The van der Waals surface area contributed by atoms with Gasteiger partial charge in [-0.3, -0.25) is 0 Å². The second-order valence-electron chi connectivity index (χ2n) is 5.32. The zero-order valence-corrected chi connectivity index (χ0v) is 13.7. The van der Waals surface area contributed by atoms with Gasteiger partial charge in [-0.15, -0.1) is 11.3 Å². The highest BCUT2D eigenvalue weighted by Gasteiger charge is 2.17. The maximum Gasteiger partial charge on any atom is 0.129 e. The van der Waals surface area contributed by atoms with Gasteiger partial charge in [0.05, 0.1) is 6.54 Å². The number of thiophene rings is 1. The molecule has 114 valence electrons. The van der Waals surface area contributed by atoms with Crippen LogP contribution in [0.15, 0.2) is 35.7 Å².